The Labute approximate surface area is 179 Å². The van der Waals surface area contributed by atoms with E-state index < -0.39 is 11.9 Å². The summed E-state index contributed by atoms with van der Waals surface area (Å²) >= 11 is 11.4. The van der Waals surface area contributed by atoms with Crippen LogP contribution in [0.5, 0.6) is 11.5 Å². The van der Waals surface area contributed by atoms with Crippen molar-refractivity contribution in [3.63, 3.8) is 0 Å². The van der Waals surface area contributed by atoms with Crippen molar-refractivity contribution in [3.05, 3.63) is 56.6 Å². The molecule has 0 saturated heterocycles. The zero-order valence-electron chi connectivity index (χ0n) is 16.7. The first-order valence-corrected chi connectivity index (χ1v) is 9.44. The van der Waals surface area contributed by atoms with Gasteiger partial charge in [0.15, 0.2) is 0 Å². The lowest BCUT2D eigenvalue weighted by molar-refractivity contribution is 0.0682. The molecular weight excluding hydrogens is 419 g/mol. The van der Waals surface area contributed by atoms with Crippen LogP contribution >= 0.6 is 23.2 Å². The highest BCUT2D eigenvalue weighted by atomic mass is 35.5. The summed E-state index contributed by atoms with van der Waals surface area (Å²) in [6, 6.07) is 6.05. The first-order valence-electron chi connectivity index (χ1n) is 8.68. The monoisotopic (exact) mass is 442 g/mol. The first kappa shape index (κ1) is 24.6. The summed E-state index contributed by atoms with van der Waals surface area (Å²) in [5.41, 5.74) is 1.06. The Hall–Kier alpha value is -2.44. The van der Waals surface area contributed by atoms with Gasteiger partial charge in [-0.15, -0.1) is 0 Å². The lowest BCUT2D eigenvalue weighted by Crippen LogP contribution is -2.12. The van der Waals surface area contributed by atoms with Crippen LogP contribution in [0, 0.1) is 0 Å². The van der Waals surface area contributed by atoms with Gasteiger partial charge in [-0.2, -0.15) is 0 Å². The van der Waals surface area contributed by atoms with Crippen molar-refractivity contribution in [1.29, 1.82) is 0 Å². The summed E-state index contributed by atoms with van der Waals surface area (Å²) in [4.78, 5) is 21.6. The lowest BCUT2D eigenvalue weighted by Gasteiger charge is -2.20. The molecule has 0 spiro atoms. The van der Waals surface area contributed by atoms with Crippen LogP contribution in [-0.4, -0.2) is 32.4 Å². The number of halogens is 2. The molecule has 0 radical (unpaired) electrons. The molecule has 2 aromatic rings. The van der Waals surface area contributed by atoms with E-state index in [-0.39, 0.29) is 44.0 Å². The Morgan fingerprint density at radius 2 is 1.24 bits per heavy atom. The summed E-state index contributed by atoms with van der Waals surface area (Å²) in [5, 5.41) is 36.6. The van der Waals surface area contributed by atoms with Crippen LogP contribution in [0.25, 0.3) is 0 Å². The predicted octanol–water partition coefficient (Wildman–Crippen LogP) is 5.91. The fourth-order valence-corrected chi connectivity index (χ4v) is 2.76. The zero-order valence-corrected chi connectivity index (χ0v) is 18.3. The minimum Gasteiger partial charge on any atom is -0.505 e. The van der Waals surface area contributed by atoms with Gasteiger partial charge >= 0.3 is 11.9 Å². The van der Waals surface area contributed by atoms with Gasteiger partial charge in [-0.25, -0.2) is 9.59 Å². The van der Waals surface area contributed by atoms with E-state index >= 15 is 0 Å². The number of benzene rings is 2. The SMILES string of the molecule is CC(C)(C)c1cc(Cl)c(O)c(C(=O)O)c1.CC(C)c1cc(Cl)c(O)c(C(=O)O)c1. The molecule has 2 rings (SSSR count). The van der Waals surface area contributed by atoms with Crippen LogP contribution in [0.3, 0.4) is 0 Å². The molecule has 2 aromatic carbocycles. The van der Waals surface area contributed by atoms with E-state index in [9.17, 15) is 19.8 Å². The maximum absolute atomic E-state index is 10.8. The van der Waals surface area contributed by atoms with Crippen molar-refractivity contribution < 1.29 is 30.0 Å². The zero-order chi connectivity index (χ0) is 22.7. The van der Waals surface area contributed by atoms with Crippen molar-refractivity contribution in [2.24, 2.45) is 0 Å². The van der Waals surface area contributed by atoms with Crippen LogP contribution in [-0.2, 0) is 5.41 Å². The minimum absolute atomic E-state index is 0.0693. The Bertz CT molecular complexity index is 930. The fourth-order valence-electron chi connectivity index (χ4n) is 2.31. The van der Waals surface area contributed by atoms with Gasteiger partial charge in [0.25, 0.3) is 0 Å². The summed E-state index contributed by atoms with van der Waals surface area (Å²) in [5.74, 6) is -2.93. The van der Waals surface area contributed by atoms with Gasteiger partial charge in [-0.1, -0.05) is 57.8 Å². The molecule has 0 aliphatic rings. The maximum atomic E-state index is 10.8. The summed E-state index contributed by atoms with van der Waals surface area (Å²) in [7, 11) is 0. The molecule has 29 heavy (non-hydrogen) atoms. The smallest absolute Gasteiger partial charge is 0.339 e. The third-order valence-electron chi connectivity index (χ3n) is 4.14. The molecule has 0 atom stereocenters. The van der Waals surface area contributed by atoms with Gasteiger partial charge in [0, 0.05) is 0 Å². The standard InChI is InChI=1S/C11H13ClO3.C10H11ClO3/c1-11(2,3)6-4-7(10(14)15)9(13)8(12)5-6;1-5(2)6-3-7(10(13)14)9(12)8(11)4-6/h4-5,13H,1-3H3,(H,14,15);3-5,12H,1-2H3,(H,13,14). The molecule has 0 aliphatic heterocycles. The quantitative estimate of drug-likeness (QED) is 0.469. The molecular formula is C21H24Cl2O6. The largest absolute Gasteiger partial charge is 0.505 e. The van der Waals surface area contributed by atoms with Gasteiger partial charge in [0.2, 0.25) is 0 Å². The van der Waals surface area contributed by atoms with E-state index in [0.717, 1.165) is 11.1 Å². The molecule has 0 fully saturated rings. The van der Waals surface area contributed by atoms with Crippen molar-refractivity contribution in [2.75, 3.05) is 0 Å². The highest BCUT2D eigenvalue weighted by Crippen LogP contribution is 2.34. The predicted molar refractivity (Wildman–Crippen MR) is 113 cm³/mol. The summed E-state index contributed by atoms with van der Waals surface area (Å²) in [6.45, 7) is 9.69. The molecule has 0 saturated carbocycles. The van der Waals surface area contributed by atoms with Gasteiger partial charge in [-0.3, -0.25) is 0 Å². The highest BCUT2D eigenvalue weighted by Gasteiger charge is 2.20. The molecule has 0 aromatic heterocycles. The van der Waals surface area contributed by atoms with E-state index in [1.54, 1.807) is 12.1 Å². The van der Waals surface area contributed by atoms with Crippen molar-refractivity contribution >= 4 is 35.1 Å². The van der Waals surface area contributed by atoms with Gasteiger partial charge in [0.1, 0.15) is 22.6 Å². The number of carboxylic acids is 2. The summed E-state index contributed by atoms with van der Waals surface area (Å²) < 4.78 is 0. The average Bonchev–Trinajstić information content (AvgIpc) is 2.58. The maximum Gasteiger partial charge on any atom is 0.339 e. The highest BCUT2D eigenvalue weighted by molar-refractivity contribution is 6.33. The van der Waals surface area contributed by atoms with E-state index in [2.05, 4.69) is 0 Å². The second-order valence-electron chi connectivity index (χ2n) is 7.77. The van der Waals surface area contributed by atoms with Crippen LogP contribution in [0.4, 0.5) is 0 Å². The molecule has 0 amide bonds. The van der Waals surface area contributed by atoms with E-state index in [4.69, 9.17) is 33.4 Å². The lowest BCUT2D eigenvalue weighted by atomic mass is 9.86. The number of aromatic hydroxyl groups is 2. The Kier molecular flexibility index (Phi) is 7.95. The summed E-state index contributed by atoms with van der Waals surface area (Å²) in [6.07, 6.45) is 0. The molecule has 6 nitrogen and oxygen atoms in total. The topological polar surface area (TPSA) is 115 Å². The molecule has 0 heterocycles. The average molecular weight is 443 g/mol. The minimum atomic E-state index is -1.18. The van der Waals surface area contributed by atoms with Gasteiger partial charge in [-0.05, 0) is 46.7 Å². The number of hydrogen-bond acceptors (Lipinski definition) is 4. The Morgan fingerprint density at radius 3 is 1.62 bits per heavy atom. The molecule has 0 unspecified atom stereocenters. The number of phenols is 2. The number of rotatable bonds is 3. The van der Waals surface area contributed by atoms with Crippen LogP contribution < -0.4 is 0 Å². The normalized spacial score (nSPS) is 11.0. The van der Waals surface area contributed by atoms with E-state index in [0.29, 0.717) is 0 Å². The van der Waals surface area contributed by atoms with Crippen LogP contribution in [0.2, 0.25) is 10.0 Å². The molecule has 8 heteroatoms. The molecule has 0 bridgehead atoms. The van der Waals surface area contributed by atoms with Crippen LogP contribution in [0.15, 0.2) is 24.3 Å². The Balaban J connectivity index is 0.000000291. The van der Waals surface area contributed by atoms with Gasteiger partial charge in [0.05, 0.1) is 10.0 Å². The van der Waals surface area contributed by atoms with Crippen molar-refractivity contribution in [2.45, 2.75) is 46.0 Å². The second-order valence-corrected chi connectivity index (χ2v) is 8.58. The van der Waals surface area contributed by atoms with E-state index in [1.807, 2.05) is 34.6 Å². The Morgan fingerprint density at radius 1 is 0.828 bits per heavy atom. The number of hydrogen-bond donors (Lipinski definition) is 4. The van der Waals surface area contributed by atoms with Crippen molar-refractivity contribution in [1.82, 2.24) is 0 Å². The van der Waals surface area contributed by atoms with E-state index in [1.165, 1.54) is 12.1 Å². The molecule has 0 aliphatic carbocycles. The van der Waals surface area contributed by atoms with Gasteiger partial charge < -0.3 is 20.4 Å². The number of aromatic carboxylic acids is 2. The number of carbonyl (C=O) groups is 2. The third kappa shape index (κ3) is 6.27. The fraction of sp³-hybridized carbons (Fsp3) is 0.333. The third-order valence-corrected chi connectivity index (χ3v) is 4.72. The molecule has 158 valence electrons. The van der Waals surface area contributed by atoms with Crippen LogP contribution in [0.1, 0.15) is 72.4 Å². The second kappa shape index (κ2) is 9.37. The number of carboxylic acid groups (broad SMARTS) is 2. The first-order chi connectivity index (χ1) is 13.2. The van der Waals surface area contributed by atoms with Crippen molar-refractivity contribution in [3.8, 4) is 11.5 Å². The molecule has 4 N–H and O–H groups in total.